The third-order valence-corrected chi connectivity index (χ3v) is 4.18. The number of carboxylic acids is 1. The Balaban J connectivity index is 1.97. The molecular weight excluding hydrogens is 312 g/mol. The van der Waals surface area contributed by atoms with Gasteiger partial charge in [0, 0.05) is 17.2 Å². The van der Waals surface area contributed by atoms with E-state index in [-0.39, 0.29) is 17.7 Å². The van der Waals surface area contributed by atoms with Crippen LogP contribution in [0.1, 0.15) is 36.2 Å². The maximum absolute atomic E-state index is 12.0. The molecule has 2 rings (SSSR count). The number of carbonyl (C=O) groups excluding carboxylic acids is 1. The number of amides is 1. The highest BCUT2D eigenvalue weighted by Gasteiger charge is 2.39. The predicted molar refractivity (Wildman–Crippen MR) is 72.8 cm³/mol. The van der Waals surface area contributed by atoms with E-state index in [1.807, 2.05) is 0 Å². The van der Waals surface area contributed by atoms with E-state index >= 15 is 0 Å². The lowest BCUT2D eigenvalue weighted by atomic mass is 9.66. The van der Waals surface area contributed by atoms with E-state index in [9.17, 15) is 9.59 Å². The number of aromatic nitrogens is 1. The monoisotopic (exact) mass is 326 g/mol. The molecule has 1 saturated carbocycles. The molecule has 0 radical (unpaired) electrons. The van der Waals surface area contributed by atoms with Gasteiger partial charge in [0.25, 0.3) is 5.91 Å². The van der Waals surface area contributed by atoms with E-state index in [0.717, 1.165) is 19.3 Å². The first kappa shape index (κ1) is 14.0. The van der Waals surface area contributed by atoms with Crippen LogP contribution in [0.2, 0.25) is 0 Å². The van der Waals surface area contributed by atoms with Gasteiger partial charge in [-0.25, -0.2) is 4.98 Å². The Kier molecular flexibility index (Phi) is 4.19. The minimum Gasteiger partial charge on any atom is -0.481 e. The van der Waals surface area contributed by atoms with Gasteiger partial charge in [0.05, 0.1) is 6.42 Å². The number of carboxylic acid groups (broad SMARTS) is 1. The molecule has 5 nitrogen and oxygen atoms in total. The predicted octanol–water partition coefficient (Wildman–Crippen LogP) is 2.22. The summed E-state index contributed by atoms with van der Waals surface area (Å²) in [6.07, 6.45) is 4.38. The molecule has 1 aromatic heterocycles. The smallest absolute Gasteiger partial charge is 0.303 e. The van der Waals surface area contributed by atoms with Crippen molar-refractivity contribution in [3.8, 4) is 0 Å². The Morgan fingerprint density at radius 1 is 1.47 bits per heavy atom. The molecule has 0 unspecified atom stereocenters. The number of rotatable bonds is 5. The van der Waals surface area contributed by atoms with Crippen molar-refractivity contribution in [3.63, 3.8) is 0 Å². The third-order valence-electron chi connectivity index (χ3n) is 3.54. The van der Waals surface area contributed by atoms with E-state index in [2.05, 4.69) is 26.2 Å². The van der Waals surface area contributed by atoms with Gasteiger partial charge in [0.15, 0.2) is 0 Å². The first-order chi connectivity index (χ1) is 9.02. The topological polar surface area (TPSA) is 79.3 Å². The van der Waals surface area contributed by atoms with Gasteiger partial charge < -0.3 is 10.4 Å². The van der Waals surface area contributed by atoms with Crippen molar-refractivity contribution < 1.29 is 14.7 Å². The number of aliphatic carboxylic acids is 1. The van der Waals surface area contributed by atoms with Crippen molar-refractivity contribution in [1.29, 1.82) is 0 Å². The third kappa shape index (κ3) is 3.32. The molecule has 1 fully saturated rings. The lowest BCUT2D eigenvalue weighted by Crippen LogP contribution is -2.43. The number of carbonyl (C=O) groups is 2. The SMILES string of the molecule is O=C(O)CC1(CNC(=O)c2ncccc2Br)CCC1. The first-order valence-electron chi connectivity index (χ1n) is 6.13. The van der Waals surface area contributed by atoms with E-state index in [1.165, 1.54) is 0 Å². The standard InChI is InChI=1S/C13H15BrN2O3/c14-9-3-1-6-15-11(9)12(19)16-8-13(4-2-5-13)7-10(17)18/h1,3,6H,2,4-5,7-8H2,(H,16,19)(H,17,18). The van der Waals surface area contributed by atoms with Crippen molar-refractivity contribution in [1.82, 2.24) is 10.3 Å². The summed E-state index contributed by atoms with van der Waals surface area (Å²) < 4.78 is 0.633. The van der Waals surface area contributed by atoms with Gasteiger partial charge >= 0.3 is 5.97 Å². The second-order valence-corrected chi connectivity index (χ2v) is 5.79. The number of hydrogen-bond acceptors (Lipinski definition) is 3. The molecule has 1 aliphatic carbocycles. The van der Waals surface area contributed by atoms with Crippen LogP contribution >= 0.6 is 15.9 Å². The van der Waals surface area contributed by atoms with E-state index in [1.54, 1.807) is 18.3 Å². The highest BCUT2D eigenvalue weighted by Crippen LogP contribution is 2.43. The van der Waals surface area contributed by atoms with E-state index in [0.29, 0.717) is 16.7 Å². The Hall–Kier alpha value is -1.43. The fraction of sp³-hybridized carbons (Fsp3) is 0.462. The van der Waals surface area contributed by atoms with Crippen LogP contribution in [0.3, 0.4) is 0 Å². The number of hydrogen-bond donors (Lipinski definition) is 2. The Bertz CT molecular complexity index is 500. The number of halogens is 1. The highest BCUT2D eigenvalue weighted by atomic mass is 79.9. The van der Waals surface area contributed by atoms with Crippen molar-refractivity contribution in [3.05, 3.63) is 28.5 Å². The molecule has 0 spiro atoms. The fourth-order valence-electron chi connectivity index (χ4n) is 2.32. The lowest BCUT2D eigenvalue weighted by Gasteiger charge is -2.40. The molecule has 0 aromatic carbocycles. The molecule has 19 heavy (non-hydrogen) atoms. The molecular formula is C13H15BrN2O3. The maximum atomic E-state index is 12.0. The van der Waals surface area contributed by atoms with Gasteiger partial charge in [-0.2, -0.15) is 0 Å². The second-order valence-electron chi connectivity index (χ2n) is 4.94. The summed E-state index contributed by atoms with van der Waals surface area (Å²) in [5.41, 5.74) is 0.0512. The zero-order valence-corrected chi connectivity index (χ0v) is 11.9. The Labute approximate surface area is 119 Å². The van der Waals surface area contributed by atoms with Crippen molar-refractivity contribution in [2.75, 3.05) is 6.54 Å². The summed E-state index contributed by atoms with van der Waals surface area (Å²) in [7, 11) is 0. The van der Waals surface area contributed by atoms with Crippen molar-refractivity contribution in [2.24, 2.45) is 5.41 Å². The van der Waals surface area contributed by atoms with Crippen LogP contribution in [-0.2, 0) is 4.79 Å². The summed E-state index contributed by atoms with van der Waals surface area (Å²) in [5.74, 6) is -1.09. The van der Waals surface area contributed by atoms with Crippen LogP contribution in [0.15, 0.2) is 22.8 Å². The van der Waals surface area contributed by atoms with Crippen LogP contribution in [0.5, 0.6) is 0 Å². The normalized spacial score (nSPS) is 16.5. The van der Waals surface area contributed by atoms with Crippen LogP contribution in [0, 0.1) is 5.41 Å². The molecule has 0 aliphatic heterocycles. The minimum atomic E-state index is -0.812. The van der Waals surface area contributed by atoms with Crippen molar-refractivity contribution >= 4 is 27.8 Å². The zero-order valence-electron chi connectivity index (χ0n) is 10.4. The van der Waals surface area contributed by atoms with Gasteiger partial charge in [0.1, 0.15) is 5.69 Å². The van der Waals surface area contributed by atoms with Crippen LogP contribution in [-0.4, -0.2) is 28.5 Å². The molecule has 0 atom stereocenters. The van der Waals surface area contributed by atoms with Crippen LogP contribution in [0.25, 0.3) is 0 Å². The lowest BCUT2D eigenvalue weighted by molar-refractivity contribution is -0.141. The van der Waals surface area contributed by atoms with E-state index < -0.39 is 5.97 Å². The summed E-state index contributed by atoms with van der Waals surface area (Å²) in [6.45, 7) is 0.390. The average Bonchev–Trinajstić information content (AvgIpc) is 2.32. The molecule has 0 bridgehead atoms. The first-order valence-corrected chi connectivity index (χ1v) is 6.92. The zero-order chi connectivity index (χ0) is 13.9. The number of nitrogens with one attached hydrogen (secondary N) is 1. The molecule has 102 valence electrons. The van der Waals surface area contributed by atoms with Gasteiger partial charge in [-0.1, -0.05) is 6.42 Å². The van der Waals surface area contributed by atoms with E-state index in [4.69, 9.17) is 5.11 Å². The Morgan fingerprint density at radius 3 is 2.74 bits per heavy atom. The molecule has 1 amide bonds. The summed E-state index contributed by atoms with van der Waals surface area (Å²) in [6, 6.07) is 3.48. The van der Waals surface area contributed by atoms with Crippen LogP contribution in [0.4, 0.5) is 0 Å². The van der Waals surface area contributed by atoms with Gasteiger partial charge in [-0.15, -0.1) is 0 Å². The largest absolute Gasteiger partial charge is 0.481 e. The van der Waals surface area contributed by atoms with Gasteiger partial charge in [-0.05, 0) is 46.3 Å². The fourth-order valence-corrected chi connectivity index (χ4v) is 2.75. The van der Waals surface area contributed by atoms with Gasteiger partial charge in [-0.3, -0.25) is 9.59 Å². The molecule has 1 heterocycles. The minimum absolute atomic E-state index is 0.108. The second kappa shape index (κ2) is 5.69. The average molecular weight is 327 g/mol. The number of nitrogens with zero attached hydrogens (tertiary/aromatic N) is 1. The molecule has 0 saturated heterocycles. The summed E-state index contributed by atoms with van der Waals surface area (Å²) in [4.78, 5) is 26.8. The van der Waals surface area contributed by atoms with Gasteiger partial charge in [0.2, 0.25) is 0 Å². The maximum Gasteiger partial charge on any atom is 0.303 e. The summed E-state index contributed by atoms with van der Waals surface area (Å²) >= 11 is 3.27. The molecule has 2 N–H and O–H groups in total. The quantitative estimate of drug-likeness (QED) is 0.869. The summed E-state index contributed by atoms with van der Waals surface area (Å²) in [5, 5.41) is 11.7. The Morgan fingerprint density at radius 2 is 2.21 bits per heavy atom. The molecule has 1 aliphatic rings. The van der Waals surface area contributed by atoms with Crippen molar-refractivity contribution in [2.45, 2.75) is 25.7 Å². The van der Waals surface area contributed by atoms with Crippen LogP contribution < -0.4 is 5.32 Å². The molecule has 1 aromatic rings. The molecule has 6 heteroatoms. The highest BCUT2D eigenvalue weighted by molar-refractivity contribution is 9.10. The number of pyridine rings is 1.